The number of amides is 1. The first kappa shape index (κ1) is 8.39. The summed E-state index contributed by atoms with van der Waals surface area (Å²) in [5.74, 6) is -0.00231. The van der Waals surface area contributed by atoms with Crippen LogP contribution in [0.25, 0.3) is 0 Å². The summed E-state index contributed by atoms with van der Waals surface area (Å²) in [6.45, 7) is 2.84. The van der Waals surface area contributed by atoms with Crippen LogP contribution < -0.4 is 11.1 Å². The van der Waals surface area contributed by atoms with Gasteiger partial charge in [0.05, 0.1) is 12.3 Å². The van der Waals surface area contributed by atoms with Gasteiger partial charge in [-0.1, -0.05) is 11.8 Å². The second-order valence-electron chi connectivity index (χ2n) is 2.45. The first-order valence-electron chi connectivity index (χ1n) is 3.40. The van der Waals surface area contributed by atoms with Crippen LogP contribution in [0.4, 0.5) is 0 Å². The van der Waals surface area contributed by atoms with Crippen molar-refractivity contribution in [2.45, 2.75) is 13.0 Å². The van der Waals surface area contributed by atoms with Gasteiger partial charge in [0.2, 0.25) is 5.91 Å². The monoisotopic (exact) mass is 173 g/mol. The number of carbonyl (C=O) groups excluding carboxylic acids is 1. The van der Waals surface area contributed by atoms with Gasteiger partial charge in [0.25, 0.3) is 0 Å². The molecule has 0 spiro atoms. The molecule has 0 aromatic heterocycles. The highest BCUT2D eigenvalue weighted by Gasteiger charge is 2.12. The minimum Gasteiger partial charge on any atom is -0.369 e. The molecular formula is C6H11N3OS. The first-order valence-corrected chi connectivity index (χ1v) is 4.39. The van der Waals surface area contributed by atoms with Gasteiger partial charge in [-0.15, -0.1) is 0 Å². The number of nitrogens with two attached hydrogens (primary N) is 1. The average Bonchev–Trinajstić information content (AvgIpc) is 2.31. The largest absolute Gasteiger partial charge is 0.369 e. The Balaban J connectivity index is 2.23. The molecule has 0 aromatic rings. The summed E-state index contributed by atoms with van der Waals surface area (Å²) in [6, 6.07) is 0.394. The van der Waals surface area contributed by atoms with Crippen molar-refractivity contribution in [3.8, 4) is 0 Å². The minimum atomic E-state index is -0.306. The lowest BCUT2D eigenvalue weighted by Gasteiger charge is -2.02. The molecule has 62 valence electrons. The van der Waals surface area contributed by atoms with Crippen molar-refractivity contribution in [3.05, 3.63) is 0 Å². The fourth-order valence-corrected chi connectivity index (χ4v) is 1.48. The Morgan fingerprint density at radius 1 is 2.00 bits per heavy atom. The standard InChI is InChI=1S/C6H11N3OS/c1-4-2-8-6(9-4)11-3-5(7)10/h4H,2-3H2,1H3,(H2,7,10)(H,8,9). The number of primary amides is 1. The molecule has 4 nitrogen and oxygen atoms in total. The van der Waals surface area contributed by atoms with Crippen LogP contribution in [-0.2, 0) is 4.79 Å². The molecule has 3 N–H and O–H groups in total. The van der Waals surface area contributed by atoms with Crippen molar-refractivity contribution in [3.63, 3.8) is 0 Å². The highest BCUT2D eigenvalue weighted by molar-refractivity contribution is 8.14. The van der Waals surface area contributed by atoms with E-state index in [2.05, 4.69) is 10.3 Å². The third-order valence-electron chi connectivity index (χ3n) is 1.23. The van der Waals surface area contributed by atoms with Crippen molar-refractivity contribution >= 4 is 22.8 Å². The van der Waals surface area contributed by atoms with Gasteiger partial charge in [0.1, 0.15) is 0 Å². The van der Waals surface area contributed by atoms with E-state index < -0.39 is 0 Å². The molecule has 1 unspecified atom stereocenters. The maximum Gasteiger partial charge on any atom is 0.227 e. The van der Waals surface area contributed by atoms with E-state index in [1.807, 2.05) is 6.92 Å². The van der Waals surface area contributed by atoms with Crippen molar-refractivity contribution in [1.82, 2.24) is 5.32 Å². The Bertz CT molecular complexity index is 192. The first-order chi connectivity index (χ1) is 5.18. The lowest BCUT2D eigenvalue weighted by molar-refractivity contribution is -0.115. The summed E-state index contributed by atoms with van der Waals surface area (Å²) in [4.78, 5) is 14.5. The lowest BCUT2D eigenvalue weighted by Crippen LogP contribution is -2.26. The van der Waals surface area contributed by atoms with E-state index in [4.69, 9.17) is 5.73 Å². The summed E-state index contributed by atoms with van der Waals surface area (Å²) in [6.07, 6.45) is 0. The van der Waals surface area contributed by atoms with Gasteiger partial charge < -0.3 is 11.1 Å². The number of amidine groups is 1. The van der Waals surface area contributed by atoms with Crippen LogP contribution in [0.1, 0.15) is 6.92 Å². The fourth-order valence-electron chi connectivity index (χ4n) is 0.749. The number of rotatable bonds is 2. The lowest BCUT2D eigenvalue weighted by atomic mass is 10.4. The van der Waals surface area contributed by atoms with Gasteiger partial charge in [-0.05, 0) is 6.92 Å². The molecule has 11 heavy (non-hydrogen) atoms. The number of aliphatic imine (C=N–C) groups is 1. The number of nitrogens with one attached hydrogen (secondary N) is 1. The van der Waals surface area contributed by atoms with Crippen LogP contribution in [-0.4, -0.2) is 29.4 Å². The smallest absolute Gasteiger partial charge is 0.227 e. The molecule has 5 heteroatoms. The Kier molecular flexibility index (Phi) is 2.76. The zero-order valence-electron chi connectivity index (χ0n) is 6.33. The molecule has 1 aliphatic heterocycles. The van der Waals surface area contributed by atoms with Crippen LogP contribution in [0, 0.1) is 0 Å². The molecule has 1 heterocycles. The third kappa shape index (κ3) is 2.80. The van der Waals surface area contributed by atoms with E-state index in [-0.39, 0.29) is 5.91 Å². The quantitative estimate of drug-likeness (QED) is 0.594. The van der Waals surface area contributed by atoms with Gasteiger partial charge in [-0.2, -0.15) is 0 Å². The topological polar surface area (TPSA) is 67.5 Å². The van der Waals surface area contributed by atoms with E-state index in [1.165, 1.54) is 11.8 Å². The third-order valence-corrected chi connectivity index (χ3v) is 2.18. The van der Waals surface area contributed by atoms with Gasteiger partial charge >= 0.3 is 0 Å². The molecule has 1 aliphatic rings. The summed E-state index contributed by atoms with van der Waals surface area (Å²) < 4.78 is 0. The van der Waals surface area contributed by atoms with Crippen molar-refractivity contribution in [2.75, 3.05) is 12.3 Å². The zero-order valence-corrected chi connectivity index (χ0v) is 7.15. The molecule has 1 amide bonds. The number of carbonyl (C=O) groups is 1. The molecule has 0 bridgehead atoms. The molecule has 0 saturated carbocycles. The van der Waals surface area contributed by atoms with Gasteiger partial charge in [-0.25, -0.2) is 0 Å². The SMILES string of the molecule is CC1CN=C(SCC(N)=O)N1. The van der Waals surface area contributed by atoms with Gasteiger partial charge in [-0.3, -0.25) is 9.79 Å². The Labute approximate surface area is 69.6 Å². The van der Waals surface area contributed by atoms with Crippen molar-refractivity contribution in [1.29, 1.82) is 0 Å². The minimum absolute atomic E-state index is 0.304. The van der Waals surface area contributed by atoms with E-state index in [0.717, 1.165) is 11.7 Å². The maximum atomic E-state index is 10.4. The number of nitrogens with zero attached hydrogens (tertiary/aromatic N) is 1. The number of hydrogen-bond acceptors (Lipinski definition) is 4. The van der Waals surface area contributed by atoms with E-state index in [1.54, 1.807) is 0 Å². The normalized spacial score (nSPS) is 22.6. The maximum absolute atomic E-state index is 10.4. The molecule has 0 saturated heterocycles. The van der Waals surface area contributed by atoms with Gasteiger partial charge in [0, 0.05) is 6.04 Å². The van der Waals surface area contributed by atoms with Gasteiger partial charge in [0.15, 0.2) is 5.17 Å². The zero-order chi connectivity index (χ0) is 8.27. The predicted molar refractivity (Wildman–Crippen MR) is 46.6 cm³/mol. The highest BCUT2D eigenvalue weighted by atomic mass is 32.2. The summed E-state index contributed by atoms with van der Waals surface area (Å²) in [7, 11) is 0. The van der Waals surface area contributed by atoms with Crippen LogP contribution in [0.5, 0.6) is 0 Å². The van der Waals surface area contributed by atoms with Crippen LogP contribution in [0.15, 0.2) is 4.99 Å². The summed E-state index contributed by atoms with van der Waals surface area (Å²) in [5.41, 5.74) is 4.96. The molecule has 0 aliphatic carbocycles. The molecule has 0 radical (unpaired) electrons. The summed E-state index contributed by atoms with van der Waals surface area (Å²) in [5, 5.41) is 3.94. The molecule has 0 fully saturated rings. The predicted octanol–water partition coefficient (Wildman–Crippen LogP) is -0.447. The number of thioether (sulfide) groups is 1. The van der Waals surface area contributed by atoms with E-state index in [0.29, 0.717) is 11.8 Å². The molecule has 1 atom stereocenters. The Morgan fingerprint density at radius 3 is 3.18 bits per heavy atom. The second-order valence-corrected chi connectivity index (χ2v) is 3.41. The molecule has 0 aromatic carbocycles. The molecular weight excluding hydrogens is 162 g/mol. The van der Waals surface area contributed by atoms with Crippen LogP contribution in [0.2, 0.25) is 0 Å². The van der Waals surface area contributed by atoms with E-state index >= 15 is 0 Å². The van der Waals surface area contributed by atoms with Crippen LogP contribution >= 0.6 is 11.8 Å². The average molecular weight is 173 g/mol. The fraction of sp³-hybridized carbons (Fsp3) is 0.667. The summed E-state index contributed by atoms with van der Waals surface area (Å²) >= 11 is 1.36. The number of hydrogen-bond donors (Lipinski definition) is 2. The Hall–Kier alpha value is -0.710. The van der Waals surface area contributed by atoms with Crippen molar-refractivity contribution < 1.29 is 4.79 Å². The Morgan fingerprint density at radius 2 is 2.73 bits per heavy atom. The molecule has 1 rings (SSSR count). The van der Waals surface area contributed by atoms with E-state index in [9.17, 15) is 4.79 Å². The van der Waals surface area contributed by atoms with Crippen LogP contribution in [0.3, 0.4) is 0 Å². The second kappa shape index (κ2) is 3.61. The highest BCUT2D eigenvalue weighted by Crippen LogP contribution is 2.07. The van der Waals surface area contributed by atoms with Crippen molar-refractivity contribution in [2.24, 2.45) is 10.7 Å².